The number of anilines is 1. The first-order chi connectivity index (χ1) is 9.50. The molecular weight excluding hydrogens is 254 g/mol. The highest BCUT2D eigenvalue weighted by Crippen LogP contribution is 2.41. The van der Waals surface area contributed by atoms with Gasteiger partial charge in [0.05, 0.1) is 17.5 Å². The van der Waals surface area contributed by atoms with E-state index in [-0.39, 0.29) is 35.3 Å². The first-order valence-electron chi connectivity index (χ1n) is 6.85. The van der Waals surface area contributed by atoms with Crippen molar-refractivity contribution in [3.8, 4) is 5.75 Å². The third-order valence-corrected chi connectivity index (χ3v) is 4.29. The molecule has 1 heterocycles. The van der Waals surface area contributed by atoms with Crippen LogP contribution < -0.4 is 4.90 Å². The van der Waals surface area contributed by atoms with E-state index in [1.165, 1.54) is 11.0 Å². The lowest BCUT2D eigenvalue weighted by atomic mass is 9.78. The molecule has 1 N–H and O–H groups in total. The lowest BCUT2D eigenvalue weighted by molar-refractivity contribution is -0.122. The second kappa shape index (κ2) is 4.47. The van der Waals surface area contributed by atoms with Gasteiger partial charge in [-0.2, -0.15) is 0 Å². The smallest absolute Gasteiger partial charge is 0.238 e. The Morgan fingerprint density at radius 1 is 1.25 bits per heavy atom. The van der Waals surface area contributed by atoms with Gasteiger partial charge in [0, 0.05) is 0 Å². The number of carbonyl (C=O) groups is 2. The maximum atomic E-state index is 12.6. The first-order valence-corrected chi connectivity index (χ1v) is 6.85. The van der Waals surface area contributed by atoms with Crippen LogP contribution in [-0.4, -0.2) is 16.9 Å². The minimum atomic E-state index is -0.249. The summed E-state index contributed by atoms with van der Waals surface area (Å²) >= 11 is 0. The average molecular weight is 271 g/mol. The van der Waals surface area contributed by atoms with Crippen molar-refractivity contribution in [1.82, 2.24) is 0 Å². The summed E-state index contributed by atoms with van der Waals surface area (Å²) in [6.07, 6.45) is 4.64. The van der Waals surface area contributed by atoms with Gasteiger partial charge in [-0.25, -0.2) is 4.90 Å². The van der Waals surface area contributed by atoms with Crippen molar-refractivity contribution < 1.29 is 14.7 Å². The number of nitrogens with zero attached hydrogens (tertiary/aromatic N) is 1. The summed E-state index contributed by atoms with van der Waals surface area (Å²) in [5.74, 6) is -0.502. The van der Waals surface area contributed by atoms with E-state index in [2.05, 4.69) is 0 Å². The summed E-state index contributed by atoms with van der Waals surface area (Å²) < 4.78 is 0. The van der Waals surface area contributed by atoms with Crippen molar-refractivity contribution in [2.24, 2.45) is 17.8 Å². The molecule has 0 aromatic heterocycles. The van der Waals surface area contributed by atoms with E-state index in [1.807, 2.05) is 19.1 Å². The van der Waals surface area contributed by atoms with Crippen LogP contribution in [0.4, 0.5) is 5.69 Å². The Morgan fingerprint density at radius 2 is 2.00 bits per heavy atom. The molecule has 104 valence electrons. The molecule has 2 amide bonds. The molecule has 1 aromatic rings. The zero-order valence-corrected chi connectivity index (χ0v) is 11.5. The van der Waals surface area contributed by atoms with E-state index in [1.54, 1.807) is 19.1 Å². The number of phenolic OH excluding ortho intramolecular Hbond substituents is 1. The molecule has 0 saturated carbocycles. The molecule has 1 aromatic carbocycles. The number of aromatic hydroxyl groups is 1. The molecule has 3 atom stereocenters. The highest BCUT2D eigenvalue weighted by atomic mass is 16.3. The second-order valence-corrected chi connectivity index (χ2v) is 5.64. The van der Waals surface area contributed by atoms with Crippen LogP contribution in [0.3, 0.4) is 0 Å². The Kier molecular flexibility index (Phi) is 2.89. The average Bonchev–Trinajstić information content (AvgIpc) is 2.64. The molecular formula is C16H17NO3. The fourth-order valence-corrected chi connectivity index (χ4v) is 3.28. The van der Waals surface area contributed by atoms with Crippen LogP contribution in [0.1, 0.15) is 18.9 Å². The van der Waals surface area contributed by atoms with Gasteiger partial charge in [0.25, 0.3) is 0 Å². The fourth-order valence-electron chi connectivity index (χ4n) is 3.28. The molecule has 4 nitrogen and oxygen atoms in total. The van der Waals surface area contributed by atoms with Crippen molar-refractivity contribution >= 4 is 17.5 Å². The minimum absolute atomic E-state index is 0.0904. The number of aryl methyl sites for hydroxylation is 1. The Bertz CT molecular complexity index is 620. The Morgan fingerprint density at radius 3 is 2.65 bits per heavy atom. The maximum absolute atomic E-state index is 12.6. The molecule has 4 heteroatoms. The van der Waals surface area contributed by atoms with Crippen LogP contribution in [0.15, 0.2) is 30.4 Å². The van der Waals surface area contributed by atoms with Crippen molar-refractivity contribution in [3.05, 3.63) is 35.9 Å². The normalized spacial score (nSPS) is 28.9. The van der Waals surface area contributed by atoms with Crippen LogP contribution in [-0.2, 0) is 9.59 Å². The van der Waals surface area contributed by atoms with Crippen LogP contribution >= 0.6 is 0 Å². The van der Waals surface area contributed by atoms with Crippen LogP contribution in [0.25, 0.3) is 0 Å². The number of phenols is 1. The number of allylic oxidation sites excluding steroid dienone is 2. The van der Waals surface area contributed by atoms with Gasteiger partial charge in [0.1, 0.15) is 5.75 Å². The van der Waals surface area contributed by atoms with E-state index in [9.17, 15) is 14.7 Å². The molecule has 0 radical (unpaired) electrons. The SMILES string of the molecule is Cc1cc(O)ccc1N1C(=O)[C@H]2[C@H](C)C=CC[C@H]2C1=O. The number of hydrogen-bond acceptors (Lipinski definition) is 3. The third kappa shape index (κ3) is 1.75. The summed E-state index contributed by atoms with van der Waals surface area (Å²) in [5, 5.41) is 9.46. The minimum Gasteiger partial charge on any atom is -0.508 e. The van der Waals surface area contributed by atoms with Crippen LogP contribution in [0.2, 0.25) is 0 Å². The largest absolute Gasteiger partial charge is 0.508 e. The van der Waals surface area contributed by atoms with Gasteiger partial charge in [-0.05, 0) is 43.0 Å². The lowest BCUT2D eigenvalue weighted by Crippen LogP contribution is -2.32. The Hall–Kier alpha value is -2.10. The monoisotopic (exact) mass is 271 g/mol. The van der Waals surface area contributed by atoms with Crippen molar-refractivity contribution in [3.63, 3.8) is 0 Å². The molecule has 2 aliphatic rings. The molecule has 1 fully saturated rings. The molecule has 0 spiro atoms. The number of rotatable bonds is 1. The molecule has 1 saturated heterocycles. The first kappa shape index (κ1) is 12.9. The van der Waals surface area contributed by atoms with Crippen LogP contribution in [0.5, 0.6) is 5.75 Å². The number of benzene rings is 1. The van der Waals surface area contributed by atoms with Gasteiger partial charge in [-0.15, -0.1) is 0 Å². The summed E-state index contributed by atoms with van der Waals surface area (Å²) in [4.78, 5) is 26.4. The Balaban J connectivity index is 2.03. The molecule has 1 aliphatic carbocycles. The highest BCUT2D eigenvalue weighted by molar-refractivity contribution is 6.22. The quantitative estimate of drug-likeness (QED) is 0.630. The van der Waals surface area contributed by atoms with Crippen molar-refractivity contribution in [2.45, 2.75) is 20.3 Å². The molecule has 3 rings (SSSR count). The van der Waals surface area contributed by atoms with E-state index >= 15 is 0 Å². The summed E-state index contributed by atoms with van der Waals surface area (Å²) in [7, 11) is 0. The van der Waals surface area contributed by atoms with E-state index in [4.69, 9.17) is 0 Å². The van der Waals surface area contributed by atoms with Gasteiger partial charge in [-0.3, -0.25) is 9.59 Å². The maximum Gasteiger partial charge on any atom is 0.238 e. The zero-order valence-electron chi connectivity index (χ0n) is 11.5. The predicted molar refractivity (Wildman–Crippen MR) is 75.2 cm³/mol. The third-order valence-electron chi connectivity index (χ3n) is 4.29. The number of amides is 2. The van der Waals surface area contributed by atoms with Gasteiger partial charge in [-0.1, -0.05) is 19.1 Å². The number of hydrogen-bond donors (Lipinski definition) is 1. The summed E-state index contributed by atoms with van der Waals surface area (Å²) in [5.41, 5.74) is 1.31. The number of fused-ring (bicyclic) bond motifs is 1. The number of imide groups is 1. The van der Waals surface area contributed by atoms with Gasteiger partial charge >= 0.3 is 0 Å². The Labute approximate surface area is 117 Å². The molecule has 20 heavy (non-hydrogen) atoms. The summed E-state index contributed by atoms with van der Waals surface area (Å²) in [6.45, 7) is 3.77. The predicted octanol–water partition coefficient (Wildman–Crippen LogP) is 2.40. The van der Waals surface area contributed by atoms with Crippen molar-refractivity contribution in [1.29, 1.82) is 0 Å². The highest BCUT2D eigenvalue weighted by Gasteiger charge is 2.50. The van der Waals surface area contributed by atoms with E-state index in [0.717, 1.165) is 5.56 Å². The molecule has 0 unspecified atom stereocenters. The topological polar surface area (TPSA) is 57.6 Å². The number of carbonyl (C=O) groups excluding carboxylic acids is 2. The fraction of sp³-hybridized carbons (Fsp3) is 0.375. The van der Waals surface area contributed by atoms with E-state index < -0.39 is 0 Å². The van der Waals surface area contributed by atoms with Gasteiger partial charge in [0.2, 0.25) is 11.8 Å². The molecule has 0 bridgehead atoms. The van der Waals surface area contributed by atoms with Crippen molar-refractivity contribution in [2.75, 3.05) is 4.90 Å². The van der Waals surface area contributed by atoms with Gasteiger partial charge in [0.15, 0.2) is 0 Å². The standard InChI is InChI=1S/C16H17NO3/c1-9-4-3-5-12-14(9)16(20)17(15(12)19)13-7-6-11(18)8-10(13)2/h3-4,6-9,12,14,18H,5H2,1-2H3/t9-,12-,14+/m1/s1. The lowest BCUT2D eigenvalue weighted by Gasteiger charge is -2.22. The van der Waals surface area contributed by atoms with Gasteiger partial charge < -0.3 is 5.11 Å². The van der Waals surface area contributed by atoms with Crippen LogP contribution in [0, 0.1) is 24.7 Å². The second-order valence-electron chi connectivity index (χ2n) is 5.64. The molecule has 1 aliphatic heterocycles. The zero-order chi connectivity index (χ0) is 14.4. The summed E-state index contributed by atoms with van der Waals surface area (Å²) in [6, 6.07) is 4.71. The van der Waals surface area contributed by atoms with E-state index in [0.29, 0.717) is 12.1 Å².